The minimum atomic E-state index is -0.604. The molecule has 202 valence electrons. The van der Waals surface area contributed by atoms with Gasteiger partial charge in [0.15, 0.2) is 0 Å². The fraction of sp³-hybridized carbons (Fsp3) is 0.654. The number of amides is 4. The number of urea groups is 1. The van der Waals surface area contributed by atoms with E-state index in [9.17, 15) is 18.8 Å². The lowest BCUT2D eigenvalue weighted by atomic mass is 9.85. The maximum absolute atomic E-state index is 13.4. The third-order valence-electron chi connectivity index (χ3n) is 6.58. The Hall–Kier alpha value is -2.88. The van der Waals surface area contributed by atoms with Gasteiger partial charge in [0.2, 0.25) is 11.8 Å². The molecule has 2 fully saturated rings. The van der Waals surface area contributed by atoms with Crippen molar-refractivity contribution in [2.24, 2.45) is 5.41 Å². The summed E-state index contributed by atoms with van der Waals surface area (Å²) < 4.78 is 12.0. The number of hydrogen-bond donors (Lipinski definition) is 4. The molecule has 2 aliphatic heterocycles. The Labute approximate surface area is 213 Å². The van der Waals surface area contributed by atoms with Crippen LogP contribution in [0.4, 0.5) is 9.18 Å². The van der Waals surface area contributed by atoms with Gasteiger partial charge in [0, 0.05) is 19.1 Å². The minimum Gasteiger partial charge on any atom is -0.508 e. The fourth-order valence-corrected chi connectivity index (χ4v) is 4.50. The first-order chi connectivity index (χ1) is 16.8. The van der Waals surface area contributed by atoms with E-state index < -0.39 is 11.5 Å². The lowest BCUT2D eigenvalue weighted by molar-refractivity contribution is -0.140. The lowest BCUT2D eigenvalue weighted by Crippen LogP contribution is -2.58. The van der Waals surface area contributed by atoms with Gasteiger partial charge in [-0.3, -0.25) is 9.59 Å². The maximum atomic E-state index is 13.4. The highest BCUT2D eigenvalue weighted by Crippen LogP contribution is 2.34. The molecule has 0 radical (unpaired) electrons. The van der Waals surface area contributed by atoms with Crippen molar-refractivity contribution in [1.29, 1.82) is 0 Å². The van der Waals surface area contributed by atoms with Gasteiger partial charge in [-0.25, -0.2) is 9.18 Å². The van der Waals surface area contributed by atoms with Gasteiger partial charge in [0.25, 0.3) is 0 Å². The van der Waals surface area contributed by atoms with Gasteiger partial charge in [-0.05, 0) is 70.3 Å². The van der Waals surface area contributed by atoms with Gasteiger partial charge in [0.1, 0.15) is 17.6 Å². The molecule has 0 aliphatic carbocycles. The lowest BCUT2D eigenvalue weighted by Gasteiger charge is -2.36. The summed E-state index contributed by atoms with van der Waals surface area (Å²) in [4.78, 5) is 42.0. The summed E-state index contributed by atoms with van der Waals surface area (Å²) in [6.45, 7) is 12.8. The van der Waals surface area contributed by atoms with Crippen LogP contribution in [-0.2, 0) is 9.59 Å². The quantitative estimate of drug-likeness (QED) is 0.489. The van der Waals surface area contributed by atoms with Crippen LogP contribution in [0.3, 0.4) is 0 Å². The molecular weight excluding hydrogens is 465 g/mol. The largest absolute Gasteiger partial charge is 0.508 e. The average Bonchev–Trinajstić information content (AvgIpc) is 3.39. The minimum absolute atomic E-state index is 0.0221. The highest BCUT2D eigenvalue weighted by molar-refractivity contribution is 5.90. The Bertz CT molecular complexity index is 882. The standard InChI is InChI=1S/C20H37N5O3.C6H5FO/c1-12(2)22-19(28)25-11-9-14-15(25)8-10-24(14)18(27)16(20(4,5)6)23-17(26)13(3)21-7;7-5-1-3-6(8)4-2-5/h12-16,21H,8-11H2,1-7H3,(H,22,28)(H,23,26);1-4,8H/t13-,14?,15?,16?;/m0./s1. The number of halogens is 1. The molecule has 10 heteroatoms. The Balaban J connectivity index is 0.000000482. The molecule has 36 heavy (non-hydrogen) atoms. The predicted molar refractivity (Wildman–Crippen MR) is 137 cm³/mol. The summed E-state index contributed by atoms with van der Waals surface area (Å²) in [5.74, 6) is -0.479. The van der Waals surface area contributed by atoms with E-state index in [-0.39, 0.29) is 53.6 Å². The number of nitrogens with zero attached hydrogens (tertiary/aromatic N) is 2. The Kier molecular flexibility index (Phi) is 10.1. The second-order valence-electron chi connectivity index (χ2n) is 10.8. The third-order valence-corrected chi connectivity index (χ3v) is 6.58. The summed E-state index contributed by atoms with van der Waals surface area (Å²) >= 11 is 0. The number of rotatable bonds is 5. The molecule has 2 aliphatic rings. The van der Waals surface area contributed by atoms with E-state index in [4.69, 9.17) is 5.11 Å². The number of phenols is 1. The van der Waals surface area contributed by atoms with Crippen LogP contribution in [0.1, 0.15) is 54.4 Å². The number of fused-ring (bicyclic) bond motifs is 1. The normalized spacial score (nSPS) is 20.8. The van der Waals surface area contributed by atoms with Crippen molar-refractivity contribution in [3.8, 4) is 5.75 Å². The zero-order chi connectivity index (χ0) is 27.2. The number of aromatic hydroxyl groups is 1. The summed E-state index contributed by atoms with van der Waals surface area (Å²) in [5.41, 5.74) is -0.411. The van der Waals surface area contributed by atoms with Gasteiger partial charge < -0.3 is 30.9 Å². The molecule has 2 heterocycles. The van der Waals surface area contributed by atoms with Crippen molar-refractivity contribution in [1.82, 2.24) is 25.8 Å². The van der Waals surface area contributed by atoms with Crippen molar-refractivity contribution in [3.63, 3.8) is 0 Å². The molecule has 0 aromatic heterocycles. The first-order valence-corrected chi connectivity index (χ1v) is 12.6. The molecule has 4 N–H and O–H groups in total. The summed E-state index contributed by atoms with van der Waals surface area (Å²) in [6, 6.07) is 4.14. The number of likely N-dealkylation sites (N-methyl/N-ethyl adjacent to an activating group) is 1. The molecule has 3 rings (SSSR count). The van der Waals surface area contributed by atoms with Crippen LogP contribution in [0.5, 0.6) is 5.75 Å². The van der Waals surface area contributed by atoms with Crippen LogP contribution in [0, 0.1) is 11.2 Å². The number of likely N-dealkylation sites (tertiary alicyclic amines) is 2. The van der Waals surface area contributed by atoms with E-state index in [0.717, 1.165) is 12.8 Å². The van der Waals surface area contributed by atoms with E-state index >= 15 is 0 Å². The van der Waals surface area contributed by atoms with Crippen LogP contribution in [0.15, 0.2) is 24.3 Å². The van der Waals surface area contributed by atoms with Gasteiger partial charge in [-0.2, -0.15) is 0 Å². The zero-order valence-electron chi connectivity index (χ0n) is 22.5. The van der Waals surface area contributed by atoms with Gasteiger partial charge in [-0.15, -0.1) is 0 Å². The second kappa shape index (κ2) is 12.4. The SMILES string of the molecule is CN[C@@H](C)C(=O)NC(C(=O)N1CCC2C1CCN2C(=O)NC(C)C)C(C)(C)C.Oc1ccc(F)cc1. The molecule has 2 saturated heterocycles. The van der Waals surface area contributed by atoms with Gasteiger partial charge in [-0.1, -0.05) is 20.8 Å². The molecule has 0 saturated carbocycles. The number of benzene rings is 1. The third kappa shape index (κ3) is 7.56. The molecule has 0 bridgehead atoms. The number of phenolic OH excluding ortho intramolecular Hbond substituents is 1. The van der Waals surface area contributed by atoms with Gasteiger partial charge >= 0.3 is 6.03 Å². The molecule has 1 aromatic rings. The predicted octanol–water partition coefficient (Wildman–Crippen LogP) is 2.45. The second-order valence-corrected chi connectivity index (χ2v) is 10.8. The molecule has 9 nitrogen and oxygen atoms in total. The molecule has 3 unspecified atom stereocenters. The fourth-order valence-electron chi connectivity index (χ4n) is 4.50. The number of carbonyl (C=O) groups is 3. The average molecular weight is 508 g/mol. The van der Waals surface area contributed by atoms with E-state index in [0.29, 0.717) is 13.1 Å². The first-order valence-electron chi connectivity index (χ1n) is 12.6. The van der Waals surface area contributed by atoms with Crippen molar-refractivity contribution in [2.45, 2.75) is 84.6 Å². The smallest absolute Gasteiger partial charge is 0.317 e. The number of nitrogens with one attached hydrogen (secondary N) is 3. The Morgan fingerprint density at radius 1 is 0.972 bits per heavy atom. The van der Waals surface area contributed by atoms with Crippen molar-refractivity contribution in [2.75, 3.05) is 20.1 Å². The highest BCUT2D eigenvalue weighted by Gasteiger charge is 2.48. The zero-order valence-corrected chi connectivity index (χ0v) is 22.5. The van der Waals surface area contributed by atoms with E-state index in [2.05, 4.69) is 16.0 Å². The first kappa shape index (κ1) is 29.4. The summed E-state index contributed by atoms with van der Waals surface area (Å²) in [7, 11) is 1.72. The Morgan fingerprint density at radius 3 is 1.97 bits per heavy atom. The summed E-state index contributed by atoms with van der Waals surface area (Å²) in [6.07, 6.45) is 1.55. The monoisotopic (exact) mass is 507 g/mol. The van der Waals surface area contributed by atoms with Crippen molar-refractivity contribution < 1.29 is 23.9 Å². The highest BCUT2D eigenvalue weighted by atomic mass is 19.1. The van der Waals surface area contributed by atoms with Crippen LogP contribution in [0.25, 0.3) is 0 Å². The Morgan fingerprint density at radius 2 is 1.50 bits per heavy atom. The molecule has 4 atom stereocenters. The topological polar surface area (TPSA) is 114 Å². The molecule has 4 amide bonds. The van der Waals surface area contributed by atoms with Crippen molar-refractivity contribution in [3.05, 3.63) is 30.1 Å². The van der Waals surface area contributed by atoms with Crippen LogP contribution in [-0.4, -0.2) is 83.1 Å². The number of carbonyl (C=O) groups excluding carboxylic acids is 3. The molecular formula is C26H42FN5O4. The number of hydrogen-bond acceptors (Lipinski definition) is 5. The maximum Gasteiger partial charge on any atom is 0.317 e. The summed E-state index contributed by atoms with van der Waals surface area (Å²) in [5, 5.41) is 17.4. The van der Waals surface area contributed by atoms with Crippen molar-refractivity contribution >= 4 is 17.8 Å². The van der Waals surface area contributed by atoms with Crippen LogP contribution in [0.2, 0.25) is 0 Å². The van der Waals surface area contributed by atoms with E-state index in [1.54, 1.807) is 14.0 Å². The van der Waals surface area contributed by atoms with Gasteiger partial charge in [0.05, 0.1) is 18.1 Å². The van der Waals surface area contributed by atoms with E-state index in [1.807, 2.05) is 44.4 Å². The van der Waals surface area contributed by atoms with E-state index in [1.165, 1.54) is 24.3 Å². The van der Waals surface area contributed by atoms with Crippen LogP contribution < -0.4 is 16.0 Å². The molecule has 1 aromatic carbocycles. The van der Waals surface area contributed by atoms with Crippen LogP contribution >= 0.6 is 0 Å². The molecule has 0 spiro atoms.